The molecule has 0 radical (unpaired) electrons. The Labute approximate surface area is 203 Å². The van der Waals surface area contributed by atoms with E-state index in [1.807, 2.05) is 0 Å². The lowest BCUT2D eigenvalue weighted by Gasteiger charge is -2.24. The number of benzene rings is 2. The van der Waals surface area contributed by atoms with Crippen molar-refractivity contribution in [2.45, 2.75) is 48.7 Å². The van der Waals surface area contributed by atoms with Gasteiger partial charge in [0, 0.05) is 14.1 Å². The van der Waals surface area contributed by atoms with Crippen molar-refractivity contribution in [2.24, 2.45) is 14.1 Å². The average Bonchev–Trinajstić information content (AvgIpc) is 2.86. The van der Waals surface area contributed by atoms with E-state index in [1.165, 1.54) is 37.9 Å². The van der Waals surface area contributed by atoms with Crippen LogP contribution in [-0.4, -0.2) is 35.8 Å². The number of nitrogens with one attached hydrogen (secondary N) is 1. The smallest absolute Gasteiger partial charge is 0.316 e. The summed E-state index contributed by atoms with van der Waals surface area (Å²) in [6, 6.07) is 9.93. The summed E-state index contributed by atoms with van der Waals surface area (Å²) in [5, 5.41) is 2.19. The summed E-state index contributed by atoms with van der Waals surface area (Å²) >= 11 is 0. The molecule has 1 aliphatic carbocycles. The molecule has 1 N–H and O–H groups in total. The Kier molecular flexibility index (Phi) is 6.84. The lowest BCUT2D eigenvalue weighted by Crippen LogP contribution is -2.39. The molecule has 1 aliphatic rings. The van der Waals surface area contributed by atoms with Gasteiger partial charge in [0.15, 0.2) is 9.84 Å². The Bertz CT molecular complexity index is 1510. The van der Waals surface area contributed by atoms with Gasteiger partial charge in [-0.2, -0.15) is 0 Å². The summed E-state index contributed by atoms with van der Waals surface area (Å²) < 4.78 is 34.9. The number of methoxy groups -OCH3 is 1. The molecule has 9 nitrogen and oxygen atoms in total. The first-order valence-electron chi connectivity index (χ1n) is 11.5. The molecular formula is C25H29N3O6S. The van der Waals surface area contributed by atoms with Crippen molar-refractivity contribution < 1.29 is 17.9 Å². The molecule has 3 aromatic rings. The number of hydrogen-bond donors (Lipinski definition) is 1. The van der Waals surface area contributed by atoms with Crippen molar-refractivity contribution in [3.8, 4) is 5.75 Å². The topological polar surface area (TPSA) is 116 Å². The van der Waals surface area contributed by atoms with Gasteiger partial charge in [-0.3, -0.25) is 14.4 Å². The van der Waals surface area contributed by atoms with Crippen LogP contribution >= 0.6 is 0 Å². The molecule has 4 rings (SSSR count). The average molecular weight is 500 g/mol. The molecule has 0 saturated heterocycles. The van der Waals surface area contributed by atoms with Crippen LogP contribution in [0.5, 0.6) is 5.75 Å². The maximum Gasteiger partial charge on any atom is 0.316 e. The highest BCUT2D eigenvalue weighted by atomic mass is 32.2. The van der Waals surface area contributed by atoms with Gasteiger partial charge in [-0.05, 0) is 42.7 Å². The van der Waals surface area contributed by atoms with Gasteiger partial charge < -0.3 is 19.2 Å². The van der Waals surface area contributed by atoms with Crippen molar-refractivity contribution >= 4 is 32.5 Å². The number of hydrogen-bond acceptors (Lipinski definition) is 6. The fourth-order valence-corrected chi connectivity index (χ4v) is 6.66. The monoisotopic (exact) mass is 499 g/mol. The number of sulfone groups is 1. The molecule has 0 atom stereocenters. The second-order valence-electron chi connectivity index (χ2n) is 8.95. The molecule has 0 bridgehead atoms. The van der Waals surface area contributed by atoms with Gasteiger partial charge in [-0.25, -0.2) is 8.42 Å². The number of rotatable bonds is 6. The largest absolute Gasteiger partial charge is 0.497 e. The van der Waals surface area contributed by atoms with Crippen LogP contribution in [0.15, 0.2) is 50.9 Å². The van der Waals surface area contributed by atoms with Crippen molar-refractivity contribution in [3.05, 3.63) is 62.7 Å². The standard InChI is InChI=1S/C25H29N3O6S/c1-27-20-14-19(26-23(29)13-16-8-7-9-17(12-16)34-3)22(15-21(20)28(2)25(31)24(27)30)35(32,33)18-10-5-4-6-11-18/h7-9,12,14-15,18H,4-6,10-11,13H2,1-3H3,(H,26,29). The van der Waals surface area contributed by atoms with Crippen LogP contribution < -0.4 is 21.2 Å². The minimum Gasteiger partial charge on any atom is -0.497 e. The second-order valence-corrected chi connectivity index (χ2v) is 11.1. The molecule has 35 heavy (non-hydrogen) atoms. The summed E-state index contributed by atoms with van der Waals surface area (Å²) in [6.07, 6.45) is 3.73. The van der Waals surface area contributed by atoms with Crippen molar-refractivity contribution in [2.75, 3.05) is 12.4 Å². The van der Waals surface area contributed by atoms with Gasteiger partial charge in [0.1, 0.15) is 5.75 Å². The highest BCUT2D eigenvalue weighted by molar-refractivity contribution is 7.92. The first kappa shape index (κ1) is 24.7. The van der Waals surface area contributed by atoms with Gasteiger partial charge in [-0.1, -0.05) is 31.4 Å². The third-order valence-electron chi connectivity index (χ3n) is 6.66. The van der Waals surface area contributed by atoms with Crippen LogP contribution in [0, 0.1) is 0 Å². The molecule has 1 amide bonds. The fourth-order valence-electron chi connectivity index (χ4n) is 4.65. The number of carbonyl (C=O) groups excluding carboxylic acids is 1. The molecule has 1 fully saturated rings. The number of carbonyl (C=O) groups is 1. The van der Waals surface area contributed by atoms with E-state index in [2.05, 4.69) is 5.32 Å². The molecule has 0 aliphatic heterocycles. The minimum absolute atomic E-state index is 0.00432. The number of aromatic nitrogens is 2. The molecule has 1 heterocycles. The number of aryl methyl sites for hydroxylation is 2. The third-order valence-corrected chi connectivity index (χ3v) is 8.96. The van der Waals surface area contributed by atoms with Crippen LogP contribution in [0.2, 0.25) is 0 Å². The lowest BCUT2D eigenvalue weighted by atomic mass is 10.0. The van der Waals surface area contributed by atoms with E-state index in [9.17, 15) is 22.8 Å². The zero-order chi connectivity index (χ0) is 25.3. The number of nitrogens with zero attached hydrogens (tertiary/aromatic N) is 2. The van der Waals surface area contributed by atoms with Crippen LogP contribution in [0.1, 0.15) is 37.7 Å². The molecule has 0 spiro atoms. The highest BCUT2D eigenvalue weighted by Gasteiger charge is 2.32. The van der Waals surface area contributed by atoms with Gasteiger partial charge in [-0.15, -0.1) is 0 Å². The second kappa shape index (κ2) is 9.69. The fraction of sp³-hybridized carbons (Fsp3) is 0.400. The van der Waals surface area contributed by atoms with Crippen molar-refractivity contribution in [1.29, 1.82) is 0 Å². The quantitative estimate of drug-likeness (QED) is 0.521. The van der Waals surface area contributed by atoms with Gasteiger partial charge >= 0.3 is 11.1 Å². The van der Waals surface area contributed by atoms with Crippen LogP contribution in [0.4, 0.5) is 5.69 Å². The molecule has 0 unspecified atom stereocenters. The summed E-state index contributed by atoms with van der Waals surface area (Å²) in [5.41, 5.74) is -0.0419. The number of ether oxygens (including phenoxy) is 1. The van der Waals surface area contributed by atoms with Crippen LogP contribution in [-0.2, 0) is 35.1 Å². The van der Waals surface area contributed by atoms with Gasteiger partial charge in [0.2, 0.25) is 5.91 Å². The molecule has 10 heteroatoms. The van der Waals surface area contributed by atoms with E-state index in [1.54, 1.807) is 24.3 Å². The number of anilines is 1. The Balaban J connectivity index is 1.83. The summed E-state index contributed by atoms with van der Waals surface area (Å²) in [5.74, 6) is 0.199. The summed E-state index contributed by atoms with van der Waals surface area (Å²) in [4.78, 5) is 37.7. The molecule has 1 aromatic heterocycles. The van der Waals surface area contributed by atoms with E-state index in [0.717, 1.165) is 23.8 Å². The summed E-state index contributed by atoms with van der Waals surface area (Å²) in [6.45, 7) is 0. The predicted octanol–water partition coefficient (Wildman–Crippen LogP) is 2.53. The van der Waals surface area contributed by atoms with Crippen LogP contribution in [0.3, 0.4) is 0 Å². The zero-order valence-electron chi connectivity index (χ0n) is 20.0. The van der Waals surface area contributed by atoms with E-state index in [-0.39, 0.29) is 17.0 Å². The highest BCUT2D eigenvalue weighted by Crippen LogP contribution is 2.34. The maximum atomic E-state index is 13.7. The SMILES string of the molecule is COc1cccc(CC(=O)Nc2cc3c(cc2S(=O)(=O)C2CCCCC2)n(C)c(=O)c(=O)n3C)c1. The van der Waals surface area contributed by atoms with E-state index in [4.69, 9.17) is 4.74 Å². The summed E-state index contributed by atoms with van der Waals surface area (Å²) in [7, 11) is 0.615. The molecular weight excluding hydrogens is 470 g/mol. The van der Waals surface area contributed by atoms with E-state index in [0.29, 0.717) is 35.2 Å². The Hall–Kier alpha value is -3.40. The first-order valence-corrected chi connectivity index (χ1v) is 13.1. The van der Waals surface area contributed by atoms with Crippen molar-refractivity contribution in [3.63, 3.8) is 0 Å². The van der Waals surface area contributed by atoms with Crippen LogP contribution in [0.25, 0.3) is 11.0 Å². The molecule has 1 saturated carbocycles. The lowest BCUT2D eigenvalue weighted by molar-refractivity contribution is -0.115. The number of fused-ring (bicyclic) bond motifs is 1. The Morgan fingerprint density at radius 2 is 1.63 bits per heavy atom. The Morgan fingerprint density at radius 3 is 2.26 bits per heavy atom. The first-order chi connectivity index (χ1) is 16.6. The minimum atomic E-state index is -3.80. The Morgan fingerprint density at radius 1 is 1.00 bits per heavy atom. The third kappa shape index (κ3) is 4.75. The van der Waals surface area contributed by atoms with Gasteiger partial charge in [0.25, 0.3) is 0 Å². The normalized spacial score (nSPS) is 14.7. The van der Waals surface area contributed by atoms with Crippen molar-refractivity contribution in [1.82, 2.24) is 9.13 Å². The predicted molar refractivity (Wildman–Crippen MR) is 134 cm³/mol. The zero-order valence-corrected chi connectivity index (χ0v) is 20.9. The molecule has 2 aromatic carbocycles. The maximum absolute atomic E-state index is 13.7. The van der Waals surface area contributed by atoms with Gasteiger partial charge in [0.05, 0.1) is 40.4 Å². The number of amides is 1. The van der Waals surface area contributed by atoms with E-state index >= 15 is 0 Å². The molecule has 186 valence electrons. The van der Waals surface area contributed by atoms with E-state index < -0.39 is 32.1 Å².